The molecule has 0 aromatic carbocycles. The Morgan fingerprint density at radius 1 is 1.30 bits per heavy atom. The molecule has 5 heteroatoms. The number of halogens is 1. The molecule has 1 aromatic rings. The smallest absolute Gasteiger partial charge is 0.135 e. The van der Waals surface area contributed by atoms with E-state index < -0.39 is 0 Å². The molecule has 0 spiro atoms. The maximum atomic E-state index is 9.45. The number of nitrogens with zero attached hydrogens (tertiary/aromatic N) is 2. The fourth-order valence-corrected chi connectivity index (χ4v) is 3.00. The predicted octanol–water partition coefficient (Wildman–Crippen LogP) is 3.46. The fourth-order valence-electron chi connectivity index (χ4n) is 2.81. The molecule has 1 fully saturated rings. The zero-order chi connectivity index (χ0) is 14.5. The average Bonchev–Trinajstić information content (AvgIpc) is 2.44. The van der Waals surface area contributed by atoms with E-state index >= 15 is 0 Å². The summed E-state index contributed by atoms with van der Waals surface area (Å²) in [6, 6.07) is 1.77. The van der Waals surface area contributed by atoms with Gasteiger partial charge in [-0.3, -0.25) is 0 Å². The van der Waals surface area contributed by atoms with Crippen LogP contribution in [0.3, 0.4) is 0 Å². The Labute approximate surface area is 126 Å². The van der Waals surface area contributed by atoms with E-state index in [0.717, 1.165) is 24.6 Å². The molecule has 0 bridgehead atoms. The summed E-state index contributed by atoms with van der Waals surface area (Å²) >= 11 is 6.04. The van der Waals surface area contributed by atoms with E-state index in [1.807, 2.05) is 0 Å². The summed E-state index contributed by atoms with van der Waals surface area (Å²) in [5, 5.41) is 13.3. The summed E-state index contributed by atoms with van der Waals surface area (Å²) in [5.74, 6) is 2.75. The Kier molecular flexibility index (Phi) is 5.61. The van der Waals surface area contributed by atoms with Crippen LogP contribution in [0.1, 0.15) is 51.3 Å². The summed E-state index contributed by atoms with van der Waals surface area (Å²) in [5.41, 5.74) is 0. The van der Waals surface area contributed by atoms with Gasteiger partial charge in [-0.15, -0.1) is 0 Å². The standard InChI is InChI=1S/C15H24ClN3O/c1-10(2)15-18-13(16)7-14(19-15)17-8-11-5-3-4-6-12(11)9-20/h7,10-12,20H,3-6,8-9H2,1-2H3,(H,17,18,19). The number of aromatic nitrogens is 2. The van der Waals surface area contributed by atoms with Gasteiger partial charge in [0, 0.05) is 25.1 Å². The van der Waals surface area contributed by atoms with Gasteiger partial charge in [-0.05, 0) is 24.7 Å². The van der Waals surface area contributed by atoms with Crippen LogP contribution in [0.4, 0.5) is 5.82 Å². The Hall–Kier alpha value is -0.870. The van der Waals surface area contributed by atoms with E-state index in [1.165, 1.54) is 19.3 Å². The topological polar surface area (TPSA) is 58.0 Å². The van der Waals surface area contributed by atoms with Crippen LogP contribution in [0.15, 0.2) is 6.07 Å². The first-order chi connectivity index (χ1) is 9.60. The van der Waals surface area contributed by atoms with Crippen LogP contribution in [0.5, 0.6) is 0 Å². The monoisotopic (exact) mass is 297 g/mol. The summed E-state index contributed by atoms with van der Waals surface area (Å²) in [6.07, 6.45) is 4.79. The minimum Gasteiger partial charge on any atom is -0.396 e. The molecule has 0 radical (unpaired) electrons. The van der Waals surface area contributed by atoms with Gasteiger partial charge >= 0.3 is 0 Å². The first-order valence-electron chi connectivity index (χ1n) is 7.49. The minimum atomic E-state index is 0.258. The molecular formula is C15H24ClN3O. The lowest BCUT2D eigenvalue weighted by Gasteiger charge is -2.30. The lowest BCUT2D eigenvalue weighted by molar-refractivity contribution is 0.141. The van der Waals surface area contributed by atoms with E-state index in [4.69, 9.17) is 11.6 Å². The molecule has 1 heterocycles. The number of hydrogen-bond donors (Lipinski definition) is 2. The van der Waals surface area contributed by atoms with Crippen LogP contribution in [0.2, 0.25) is 5.15 Å². The second-order valence-corrected chi connectivity index (χ2v) is 6.34. The molecule has 1 aromatic heterocycles. The van der Waals surface area contributed by atoms with Gasteiger partial charge in [0.25, 0.3) is 0 Å². The third kappa shape index (κ3) is 4.06. The molecule has 1 aliphatic rings. The minimum absolute atomic E-state index is 0.258. The SMILES string of the molecule is CC(C)c1nc(Cl)cc(NCC2CCCCC2CO)n1. The van der Waals surface area contributed by atoms with E-state index in [2.05, 4.69) is 29.1 Å². The highest BCUT2D eigenvalue weighted by Crippen LogP contribution is 2.30. The van der Waals surface area contributed by atoms with Crippen LogP contribution in [0, 0.1) is 11.8 Å². The van der Waals surface area contributed by atoms with Crippen molar-refractivity contribution in [3.63, 3.8) is 0 Å². The number of hydrogen-bond acceptors (Lipinski definition) is 4. The second-order valence-electron chi connectivity index (χ2n) is 5.96. The molecule has 1 aliphatic carbocycles. The molecule has 0 aliphatic heterocycles. The van der Waals surface area contributed by atoms with Crippen LogP contribution < -0.4 is 5.32 Å². The van der Waals surface area contributed by atoms with Gasteiger partial charge in [0.1, 0.15) is 16.8 Å². The maximum Gasteiger partial charge on any atom is 0.135 e. The molecule has 2 atom stereocenters. The largest absolute Gasteiger partial charge is 0.396 e. The van der Waals surface area contributed by atoms with Crippen LogP contribution in [-0.4, -0.2) is 28.2 Å². The normalized spacial score (nSPS) is 23.1. The van der Waals surface area contributed by atoms with Gasteiger partial charge in [-0.1, -0.05) is 38.3 Å². The van der Waals surface area contributed by atoms with Gasteiger partial charge in [-0.2, -0.15) is 0 Å². The molecule has 0 amide bonds. The molecule has 0 saturated heterocycles. The number of nitrogens with one attached hydrogen (secondary N) is 1. The van der Waals surface area contributed by atoms with Crippen molar-refractivity contribution in [2.45, 2.75) is 45.4 Å². The molecular weight excluding hydrogens is 274 g/mol. The summed E-state index contributed by atoms with van der Waals surface area (Å²) in [4.78, 5) is 8.73. The highest BCUT2D eigenvalue weighted by atomic mass is 35.5. The Morgan fingerprint density at radius 3 is 2.65 bits per heavy atom. The maximum absolute atomic E-state index is 9.45. The van der Waals surface area contributed by atoms with Gasteiger partial charge in [0.05, 0.1) is 0 Å². The number of anilines is 1. The number of rotatable bonds is 5. The van der Waals surface area contributed by atoms with E-state index in [1.54, 1.807) is 6.07 Å². The Balaban J connectivity index is 1.99. The third-order valence-corrected chi connectivity index (χ3v) is 4.27. The van der Waals surface area contributed by atoms with Crippen LogP contribution >= 0.6 is 11.6 Å². The van der Waals surface area contributed by atoms with Crippen LogP contribution in [-0.2, 0) is 0 Å². The molecule has 112 valence electrons. The first-order valence-corrected chi connectivity index (χ1v) is 7.87. The van der Waals surface area contributed by atoms with Gasteiger partial charge in [0.2, 0.25) is 0 Å². The lowest BCUT2D eigenvalue weighted by Crippen LogP contribution is -2.28. The Morgan fingerprint density at radius 2 is 2.00 bits per heavy atom. The van der Waals surface area contributed by atoms with Gasteiger partial charge in [-0.25, -0.2) is 9.97 Å². The molecule has 20 heavy (non-hydrogen) atoms. The van der Waals surface area contributed by atoms with Crippen molar-refractivity contribution in [2.75, 3.05) is 18.5 Å². The van der Waals surface area contributed by atoms with Crippen molar-refractivity contribution in [2.24, 2.45) is 11.8 Å². The fraction of sp³-hybridized carbons (Fsp3) is 0.733. The van der Waals surface area contributed by atoms with E-state index in [-0.39, 0.29) is 12.5 Å². The van der Waals surface area contributed by atoms with Crippen molar-refractivity contribution in [1.29, 1.82) is 0 Å². The van der Waals surface area contributed by atoms with E-state index in [0.29, 0.717) is 17.0 Å². The Bertz CT molecular complexity index is 439. The zero-order valence-corrected chi connectivity index (χ0v) is 13.0. The average molecular weight is 298 g/mol. The number of aliphatic hydroxyl groups excluding tert-OH is 1. The van der Waals surface area contributed by atoms with Crippen molar-refractivity contribution in [3.05, 3.63) is 17.0 Å². The first kappa shape index (κ1) is 15.5. The highest BCUT2D eigenvalue weighted by Gasteiger charge is 2.24. The van der Waals surface area contributed by atoms with Gasteiger partial charge in [0.15, 0.2) is 0 Å². The molecule has 2 rings (SSSR count). The van der Waals surface area contributed by atoms with Crippen molar-refractivity contribution >= 4 is 17.4 Å². The van der Waals surface area contributed by atoms with Crippen molar-refractivity contribution in [1.82, 2.24) is 9.97 Å². The lowest BCUT2D eigenvalue weighted by atomic mass is 9.79. The van der Waals surface area contributed by atoms with Gasteiger partial charge < -0.3 is 10.4 Å². The summed E-state index contributed by atoms with van der Waals surface area (Å²) in [6.45, 7) is 5.24. The molecule has 2 N–H and O–H groups in total. The zero-order valence-electron chi connectivity index (χ0n) is 12.3. The third-order valence-electron chi connectivity index (χ3n) is 4.07. The summed E-state index contributed by atoms with van der Waals surface area (Å²) < 4.78 is 0. The molecule has 4 nitrogen and oxygen atoms in total. The molecule has 2 unspecified atom stereocenters. The van der Waals surface area contributed by atoms with E-state index in [9.17, 15) is 5.11 Å². The van der Waals surface area contributed by atoms with Crippen molar-refractivity contribution in [3.8, 4) is 0 Å². The van der Waals surface area contributed by atoms with Crippen molar-refractivity contribution < 1.29 is 5.11 Å². The number of aliphatic hydroxyl groups is 1. The quantitative estimate of drug-likeness (QED) is 0.817. The second kappa shape index (κ2) is 7.23. The highest BCUT2D eigenvalue weighted by molar-refractivity contribution is 6.29. The molecule has 1 saturated carbocycles. The summed E-state index contributed by atoms with van der Waals surface area (Å²) in [7, 11) is 0. The predicted molar refractivity (Wildman–Crippen MR) is 82.2 cm³/mol. The van der Waals surface area contributed by atoms with Crippen LogP contribution in [0.25, 0.3) is 0 Å².